The first-order valence-electron chi connectivity index (χ1n) is 20.4. The second-order valence-corrected chi connectivity index (χ2v) is 16.8. The molecule has 3 saturated heterocycles. The van der Waals surface area contributed by atoms with Crippen molar-refractivity contribution in [2.75, 3.05) is 34.3 Å². The Labute approximate surface area is 337 Å². The number of carbonyl (C=O) groups is 3. The number of aromatic nitrogens is 5. The fourth-order valence-electron chi connectivity index (χ4n) is 8.67. The highest BCUT2D eigenvalue weighted by Gasteiger charge is 2.58. The van der Waals surface area contributed by atoms with Gasteiger partial charge in [0.15, 0.2) is 11.9 Å². The molecule has 5 heterocycles. The number of methoxy groups -OCH3 is 1. The van der Waals surface area contributed by atoms with Crippen LogP contribution in [0.1, 0.15) is 88.4 Å². The van der Waals surface area contributed by atoms with Crippen LogP contribution in [0.25, 0.3) is 11.4 Å². The molecule has 17 nitrogen and oxygen atoms in total. The number of aliphatic hydroxyl groups is 1. The van der Waals surface area contributed by atoms with E-state index >= 15 is 0 Å². The van der Waals surface area contributed by atoms with Gasteiger partial charge in [-0.3, -0.25) is 19.2 Å². The number of hydrogen-bond donors (Lipinski definition) is 2. The van der Waals surface area contributed by atoms with Crippen molar-refractivity contribution < 1.29 is 44.6 Å². The summed E-state index contributed by atoms with van der Waals surface area (Å²) in [6.45, 7) is 14.6. The average molecular weight is 803 g/mol. The molecule has 17 heteroatoms. The van der Waals surface area contributed by atoms with Gasteiger partial charge in [0.05, 0.1) is 30.0 Å². The molecular weight excluding hydrogens is 736 g/mol. The molecular formula is C40H66N8O9. The van der Waals surface area contributed by atoms with Gasteiger partial charge in [0.2, 0.25) is 0 Å². The van der Waals surface area contributed by atoms with Gasteiger partial charge < -0.3 is 39.0 Å². The molecule has 3 aliphatic heterocycles. The number of hydrogen-bond acceptors (Lipinski definition) is 15. The summed E-state index contributed by atoms with van der Waals surface area (Å²) >= 11 is 0. The molecule has 3 aliphatic rings. The monoisotopic (exact) mass is 802 g/mol. The van der Waals surface area contributed by atoms with E-state index in [2.05, 4.69) is 32.7 Å². The van der Waals surface area contributed by atoms with E-state index in [0.29, 0.717) is 63.1 Å². The van der Waals surface area contributed by atoms with Gasteiger partial charge in [0, 0.05) is 46.3 Å². The predicted octanol–water partition coefficient (Wildman–Crippen LogP) is 3.49. The number of ketones is 1. The maximum atomic E-state index is 14.0. The van der Waals surface area contributed by atoms with Crippen LogP contribution >= 0.6 is 0 Å². The Kier molecular flexibility index (Phi) is 14.8. The van der Waals surface area contributed by atoms with Gasteiger partial charge in [-0.25, -0.2) is 4.79 Å². The molecule has 2 N–H and O–H groups in total. The summed E-state index contributed by atoms with van der Waals surface area (Å²) in [5, 5.41) is 31.5. The number of likely N-dealkylation sites (N-methyl/N-ethyl adjacent to an activating group) is 1. The first-order valence-corrected chi connectivity index (χ1v) is 20.4. The molecule has 57 heavy (non-hydrogen) atoms. The summed E-state index contributed by atoms with van der Waals surface area (Å²) in [5.74, 6) is -2.27. The first-order chi connectivity index (χ1) is 27.0. The molecule has 0 aliphatic carbocycles. The SMILES string of the molecule is CC[C@H]1OC(=O)[C@H](C)C(=O)C[C@@H](O[C@@H]2O[C@H](C)CC(N(C)C)C2O)[C@@](C)(OC)C[C@@H](C)CN[C@H](C)[C@H]2N(CCCCn3cc(-c4cccnn4)nn3)C(=O)O[C@]12C.[HH]. The minimum atomic E-state index is -1.22. The van der Waals surface area contributed by atoms with E-state index in [4.69, 9.17) is 23.7 Å². The molecule has 0 radical (unpaired) electrons. The summed E-state index contributed by atoms with van der Waals surface area (Å²) in [4.78, 5) is 45.3. The van der Waals surface area contributed by atoms with E-state index in [0.717, 1.165) is 0 Å². The zero-order valence-electron chi connectivity index (χ0n) is 35.3. The van der Waals surface area contributed by atoms with Crippen LogP contribution in [-0.2, 0) is 39.8 Å². The Bertz CT molecular complexity index is 1660. The number of cyclic esters (lactones) is 1. The smallest absolute Gasteiger partial charge is 0.410 e. The van der Waals surface area contributed by atoms with Gasteiger partial charge in [0.25, 0.3) is 0 Å². The van der Waals surface area contributed by atoms with Crippen LogP contribution in [0.3, 0.4) is 0 Å². The Morgan fingerprint density at radius 1 is 1.09 bits per heavy atom. The highest BCUT2D eigenvalue weighted by Crippen LogP contribution is 2.39. The number of Topliss-reactive ketones (excluding diaryl/α,β-unsaturated/α-hetero) is 1. The topological polar surface area (TPSA) is 193 Å². The number of carbonyl (C=O) groups excluding carboxylic acids is 3. The summed E-state index contributed by atoms with van der Waals surface area (Å²) < 4.78 is 32.9. The zero-order valence-corrected chi connectivity index (χ0v) is 35.3. The molecule has 0 spiro atoms. The number of aryl methyl sites for hydroxylation is 1. The van der Waals surface area contributed by atoms with Gasteiger partial charge in [-0.2, -0.15) is 5.10 Å². The van der Waals surface area contributed by atoms with E-state index in [1.54, 1.807) is 29.0 Å². The number of esters is 1. The maximum absolute atomic E-state index is 14.0. The predicted molar refractivity (Wildman–Crippen MR) is 211 cm³/mol. The normalized spacial score (nSPS) is 36.0. The summed E-state index contributed by atoms with van der Waals surface area (Å²) in [6, 6.07) is 2.59. The van der Waals surface area contributed by atoms with Crippen LogP contribution in [0.15, 0.2) is 24.5 Å². The van der Waals surface area contributed by atoms with Crippen molar-refractivity contribution in [2.45, 2.75) is 154 Å². The van der Waals surface area contributed by atoms with Crippen molar-refractivity contribution in [3.8, 4) is 11.4 Å². The van der Waals surface area contributed by atoms with Crippen molar-refractivity contribution in [1.82, 2.24) is 40.3 Å². The highest BCUT2D eigenvalue weighted by molar-refractivity contribution is 5.99. The molecule has 0 saturated carbocycles. The van der Waals surface area contributed by atoms with E-state index in [1.165, 1.54) is 6.92 Å². The van der Waals surface area contributed by atoms with Crippen molar-refractivity contribution in [3.05, 3.63) is 24.5 Å². The van der Waals surface area contributed by atoms with Crippen LogP contribution in [0.4, 0.5) is 4.79 Å². The number of aliphatic hydroxyl groups excluding tert-OH is 1. The number of ether oxygens (including phenoxy) is 5. The second kappa shape index (κ2) is 19.0. The molecule has 0 aromatic carbocycles. The van der Waals surface area contributed by atoms with E-state index < -0.39 is 65.6 Å². The molecule has 0 bridgehead atoms. The van der Waals surface area contributed by atoms with Crippen molar-refractivity contribution in [2.24, 2.45) is 11.8 Å². The van der Waals surface area contributed by atoms with E-state index in [-0.39, 0.29) is 32.0 Å². The Morgan fingerprint density at radius 2 is 1.82 bits per heavy atom. The average Bonchev–Trinajstić information content (AvgIpc) is 3.76. The first kappa shape index (κ1) is 44.5. The number of nitrogens with zero attached hydrogens (tertiary/aromatic N) is 7. The third-order valence-electron chi connectivity index (χ3n) is 12.1. The summed E-state index contributed by atoms with van der Waals surface area (Å²) in [5.41, 5.74) is -0.978. The standard InChI is InChI=1S/C40H64N8O9.H2/c1-11-32-40(7)35(48(38(52)57-40)18-13-12-17-47-23-29(44-45-47)28-15-14-16-42-43-28)27(5)41-22-24(2)21-39(6,53-10)33(20-31(49)26(4)36(51)55-32)56-37-34(50)30(46(8)9)19-25(3)54-37;/h14-16,23-27,30,32-35,37,41,50H,11-13,17-22H2,1-10H3;1H/t24-,25-,26-,27-,30?,32-,33-,34?,35-,37+,39+,40-;/m1./s1. The lowest BCUT2D eigenvalue weighted by atomic mass is 9.83. The highest BCUT2D eigenvalue weighted by atomic mass is 16.7. The molecule has 12 atom stereocenters. The lowest BCUT2D eigenvalue weighted by Crippen LogP contribution is -2.61. The molecule has 320 valence electrons. The lowest BCUT2D eigenvalue weighted by molar-refractivity contribution is -0.289. The minimum absolute atomic E-state index is 0. The number of fused-ring (bicyclic) bond motifs is 1. The Morgan fingerprint density at radius 3 is 2.49 bits per heavy atom. The number of nitrogens with one attached hydrogen (secondary N) is 1. The van der Waals surface area contributed by atoms with Crippen LogP contribution in [0, 0.1) is 11.8 Å². The van der Waals surface area contributed by atoms with Crippen molar-refractivity contribution in [1.29, 1.82) is 0 Å². The number of unbranched alkanes of at least 4 members (excludes halogenated alkanes) is 1. The molecule has 1 amide bonds. The van der Waals surface area contributed by atoms with Crippen LogP contribution in [0.5, 0.6) is 0 Å². The number of rotatable bonds is 11. The van der Waals surface area contributed by atoms with E-state index in [1.807, 2.05) is 65.9 Å². The van der Waals surface area contributed by atoms with Gasteiger partial charge in [-0.05, 0) is 105 Å². The lowest BCUT2D eigenvalue weighted by Gasteiger charge is -2.45. The Hall–Kier alpha value is -3.61. The van der Waals surface area contributed by atoms with Crippen molar-refractivity contribution >= 4 is 17.8 Å². The molecule has 2 unspecified atom stereocenters. The van der Waals surface area contributed by atoms with Gasteiger partial charge in [-0.15, -0.1) is 10.2 Å². The molecule has 5 rings (SSSR count). The quantitative estimate of drug-likeness (QED) is 0.191. The second-order valence-electron chi connectivity index (χ2n) is 16.8. The maximum Gasteiger partial charge on any atom is 0.410 e. The third kappa shape index (κ3) is 10.2. The third-order valence-corrected chi connectivity index (χ3v) is 12.1. The number of amides is 1. The van der Waals surface area contributed by atoms with Gasteiger partial charge in [-0.1, -0.05) is 19.1 Å². The fourth-order valence-corrected chi connectivity index (χ4v) is 8.67. The largest absolute Gasteiger partial charge is 0.458 e. The van der Waals surface area contributed by atoms with Gasteiger partial charge in [0.1, 0.15) is 35.3 Å². The minimum Gasteiger partial charge on any atom is -0.458 e. The molecule has 2 aromatic rings. The molecule has 3 fully saturated rings. The zero-order chi connectivity index (χ0) is 41.7. The van der Waals surface area contributed by atoms with E-state index in [9.17, 15) is 19.5 Å². The van der Waals surface area contributed by atoms with Crippen LogP contribution in [0.2, 0.25) is 0 Å². The van der Waals surface area contributed by atoms with Crippen LogP contribution in [-0.4, -0.2) is 152 Å². The Balaban J connectivity index is 0.00000744. The van der Waals surface area contributed by atoms with Gasteiger partial charge >= 0.3 is 12.1 Å². The summed E-state index contributed by atoms with van der Waals surface area (Å²) in [6.07, 6.45) is 1.63. The van der Waals surface area contributed by atoms with Crippen molar-refractivity contribution in [3.63, 3.8) is 0 Å². The molecule has 2 aromatic heterocycles. The summed E-state index contributed by atoms with van der Waals surface area (Å²) in [7, 11) is 5.38. The fraction of sp³-hybridized carbons (Fsp3) is 0.775. The van der Waals surface area contributed by atoms with Crippen LogP contribution < -0.4 is 5.32 Å².